The molecule has 1 atom stereocenters. The molecular weight excluding hydrogens is 176 g/mol. The molecule has 1 saturated carbocycles. The van der Waals surface area contributed by atoms with Gasteiger partial charge in [0.05, 0.1) is 0 Å². The second kappa shape index (κ2) is 2.93. The highest BCUT2D eigenvalue weighted by Crippen LogP contribution is 2.65. The summed E-state index contributed by atoms with van der Waals surface area (Å²) >= 11 is 0. The van der Waals surface area contributed by atoms with Crippen LogP contribution in [0.5, 0.6) is 0 Å². The fraction of sp³-hybridized carbons (Fsp3) is 0.889. The molecule has 1 fully saturated rings. The monoisotopic (exact) mass is 191 g/mol. The van der Waals surface area contributed by atoms with Gasteiger partial charge < -0.3 is 5.32 Å². The SMILES string of the molecule is CCCNC(=O)C1C(C)(C)C1(F)F. The zero-order chi connectivity index (χ0) is 10.3. The molecule has 1 aliphatic rings. The van der Waals surface area contributed by atoms with Crippen LogP contribution in [0.2, 0.25) is 0 Å². The Morgan fingerprint density at radius 2 is 1.92 bits per heavy atom. The van der Waals surface area contributed by atoms with E-state index in [1.54, 1.807) is 0 Å². The van der Waals surface area contributed by atoms with Crippen molar-refractivity contribution < 1.29 is 13.6 Å². The lowest BCUT2D eigenvalue weighted by molar-refractivity contribution is -0.124. The summed E-state index contributed by atoms with van der Waals surface area (Å²) in [5, 5.41) is 2.49. The standard InChI is InChI=1S/C9H15F2NO/c1-4-5-12-7(13)6-8(2,3)9(6,10)11/h6H,4-5H2,1-3H3,(H,12,13). The van der Waals surface area contributed by atoms with Gasteiger partial charge in [0.1, 0.15) is 5.92 Å². The Balaban J connectivity index is 2.53. The maximum atomic E-state index is 13.0. The Morgan fingerprint density at radius 3 is 2.23 bits per heavy atom. The maximum Gasteiger partial charge on any atom is 0.266 e. The quantitative estimate of drug-likeness (QED) is 0.724. The lowest BCUT2D eigenvalue weighted by Gasteiger charge is -2.01. The summed E-state index contributed by atoms with van der Waals surface area (Å²) in [6, 6.07) is 0. The minimum Gasteiger partial charge on any atom is -0.356 e. The highest BCUT2D eigenvalue weighted by molar-refractivity contribution is 5.84. The fourth-order valence-electron chi connectivity index (χ4n) is 1.50. The Morgan fingerprint density at radius 1 is 1.46 bits per heavy atom. The first-order valence-electron chi connectivity index (χ1n) is 4.51. The van der Waals surface area contributed by atoms with Gasteiger partial charge in [0.25, 0.3) is 5.92 Å². The number of alkyl halides is 2. The van der Waals surface area contributed by atoms with Crippen molar-refractivity contribution in [1.29, 1.82) is 0 Å². The molecule has 0 spiro atoms. The van der Waals surface area contributed by atoms with E-state index < -0.39 is 23.2 Å². The van der Waals surface area contributed by atoms with E-state index in [2.05, 4.69) is 5.32 Å². The van der Waals surface area contributed by atoms with Crippen LogP contribution >= 0.6 is 0 Å². The van der Waals surface area contributed by atoms with Gasteiger partial charge in [-0.25, -0.2) is 8.78 Å². The third kappa shape index (κ3) is 1.42. The molecule has 76 valence electrons. The molecule has 1 amide bonds. The molecule has 0 aromatic heterocycles. The normalized spacial score (nSPS) is 28.2. The molecule has 2 nitrogen and oxygen atoms in total. The first kappa shape index (κ1) is 10.4. The van der Waals surface area contributed by atoms with E-state index >= 15 is 0 Å². The van der Waals surface area contributed by atoms with Crippen molar-refractivity contribution in [3.8, 4) is 0 Å². The van der Waals surface area contributed by atoms with Gasteiger partial charge in [-0.2, -0.15) is 0 Å². The van der Waals surface area contributed by atoms with Crippen molar-refractivity contribution in [1.82, 2.24) is 5.32 Å². The molecule has 0 bridgehead atoms. The van der Waals surface area contributed by atoms with Gasteiger partial charge in [-0.1, -0.05) is 20.8 Å². The van der Waals surface area contributed by atoms with Crippen LogP contribution in [0.4, 0.5) is 8.78 Å². The minimum absolute atomic E-state index is 0.474. The van der Waals surface area contributed by atoms with Gasteiger partial charge in [-0.3, -0.25) is 4.79 Å². The largest absolute Gasteiger partial charge is 0.356 e. The van der Waals surface area contributed by atoms with Crippen LogP contribution in [0.3, 0.4) is 0 Å². The van der Waals surface area contributed by atoms with Gasteiger partial charge in [-0.05, 0) is 6.42 Å². The van der Waals surface area contributed by atoms with Crippen molar-refractivity contribution in [2.24, 2.45) is 11.3 Å². The number of nitrogens with one attached hydrogen (secondary N) is 1. The van der Waals surface area contributed by atoms with E-state index in [1.807, 2.05) is 6.92 Å². The van der Waals surface area contributed by atoms with E-state index in [-0.39, 0.29) is 0 Å². The zero-order valence-electron chi connectivity index (χ0n) is 8.16. The summed E-state index contributed by atoms with van der Waals surface area (Å²) in [5.74, 6) is -4.48. The van der Waals surface area contributed by atoms with Crippen LogP contribution < -0.4 is 5.32 Å². The topological polar surface area (TPSA) is 29.1 Å². The van der Waals surface area contributed by atoms with Crippen molar-refractivity contribution in [3.05, 3.63) is 0 Å². The van der Waals surface area contributed by atoms with Gasteiger partial charge in [0.2, 0.25) is 5.91 Å². The van der Waals surface area contributed by atoms with Gasteiger partial charge in [-0.15, -0.1) is 0 Å². The third-order valence-electron chi connectivity index (χ3n) is 2.67. The van der Waals surface area contributed by atoms with Crippen LogP contribution in [0.15, 0.2) is 0 Å². The average molecular weight is 191 g/mol. The van der Waals surface area contributed by atoms with Crippen LogP contribution in [0.25, 0.3) is 0 Å². The highest BCUT2D eigenvalue weighted by atomic mass is 19.3. The smallest absolute Gasteiger partial charge is 0.266 e. The summed E-state index contributed by atoms with van der Waals surface area (Å²) < 4.78 is 26.0. The Hall–Kier alpha value is -0.670. The molecular formula is C9H15F2NO. The van der Waals surface area contributed by atoms with E-state index in [0.717, 1.165) is 6.42 Å². The Labute approximate surface area is 76.7 Å². The number of hydrogen-bond donors (Lipinski definition) is 1. The van der Waals surface area contributed by atoms with E-state index in [1.165, 1.54) is 13.8 Å². The van der Waals surface area contributed by atoms with Crippen molar-refractivity contribution >= 4 is 5.91 Å². The number of hydrogen-bond acceptors (Lipinski definition) is 1. The molecule has 0 aliphatic heterocycles. The summed E-state index contributed by atoms with van der Waals surface area (Å²) in [4.78, 5) is 11.2. The third-order valence-corrected chi connectivity index (χ3v) is 2.67. The van der Waals surface area contributed by atoms with Gasteiger partial charge >= 0.3 is 0 Å². The fourth-order valence-corrected chi connectivity index (χ4v) is 1.50. The molecule has 0 aromatic carbocycles. The van der Waals surface area contributed by atoms with Gasteiger partial charge in [0, 0.05) is 12.0 Å². The lowest BCUT2D eigenvalue weighted by atomic mass is 10.1. The van der Waals surface area contributed by atoms with E-state index in [9.17, 15) is 13.6 Å². The van der Waals surface area contributed by atoms with E-state index in [0.29, 0.717) is 6.54 Å². The average Bonchev–Trinajstić information content (AvgIpc) is 2.39. The molecule has 0 aromatic rings. The molecule has 1 aliphatic carbocycles. The summed E-state index contributed by atoms with van der Waals surface area (Å²) in [5.41, 5.74) is -1.16. The second-order valence-electron chi connectivity index (χ2n) is 4.07. The summed E-state index contributed by atoms with van der Waals surface area (Å²) in [6.07, 6.45) is 0.768. The zero-order valence-corrected chi connectivity index (χ0v) is 8.16. The van der Waals surface area contributed by atoms with Crippen LogP contribution in [0.1, 0.15) is 27.2 Å². The van der Waals surface area contributed by atoms with Gasteiger partial charge in [0.15, 0.2) is 0 Å². The minimum atomic E-state index is -2.83. The summed E-state index contributed by atoms with van der Waals surface area (Å²) in [7, 11) is 0. The molecule has 0 radical (unpaired) electrons. The molecule has 4 heteroatoms. The lowest BCUT2D eigenvalue weighted by Crippen LogP contribution is -2.28. The molecule has 13 heavy (non-hydrogen) atoms. The van der Waals surface area contributed by atoms with Crippen LogP contribution in [-0.2, 0) is 4.79 Å². The number of rotatable bonds is 3. The van der Waals surface area contributed by atoms with Crippen molar-refractivity contribution in [3.63, 3.8) is 0 Å². The number of halogens is 2. The van der Waals surface area contributed by atoms with E-state index in [4.69, 9.17) is 0 Å². The maximum absolute atomic E-state index is 13.0. The van der Waals surface area contributed by atoms with Crippen LogP contribution in [0, 0.1) is 11.3 Å². The molecule has 0 saturated heterocycles. The highest BCUT2D eigenvalue weighted by Gasteiger charge is 2.78. The van der Waals surface area contributed by atoms with Crippen molar-refractivity contribution in [2.75, 3.05) is 6.54 Å². The summed E-state index contributed by atoms with van der Waals surface area (Å²) in [6.45, 7) is 5.20. The van der Waals surface area contributed by atoms with Crippen molar-refractivity contribution in [2.45, 2.75) is 33.1 Å². The molecule has 1 unspecified atom stereocenters. The predicted molar refractivity (Wildman–Crippen MR) is 45.5 cm³/mol. The Kier molecular flexibility index (Phi) is 2.34. The number of amides is 1. The van der Waals surface area contributed by atoms with Crippen LogP contribution in [-0.4, -0.2) is 18.4 Å². The number of carbonyl (C=O) groups excluding carboxylic acids is 1. The first-order chi connectivity index (χ1) is 5.85. The molecule has 1 N–H and O–H groups in total. The molecule has 0 heterocycles. The number of carbonyl (C=O) groups is 1. The second-order valence-corrected chi connectivity index (χ2v) is 4.07. The Bertz CT molecular complexity index is 212. The molecule has 1 rings (SSSR count). The predicted octanol–water partition coefficient (Wildman–Crippen LogP) is 1.80. The first-order valence-corrected chi connectivity index (χ1v) is 4.51.